The normalized spacial score (nSPS) is 25.1. The van der Waals surface area contributed by atoms with Gasteiger partial charge in [0.05, 0.1) is 11.8 Å². The summed E-state index contributed by atoms with van der Waals surface area (Å²) in [6, 6.07) is 22.5. The third-order valence-corrected chi connectivity index (χ3v) is 8.83. The van der Waals surface area contributed by atoms with Crippen LogP contribution in [-0.4, -0.2) is 35.1 Å². The number of hydrogen-bond donors (Lipinski definition) is 2. The molecule has 2 saturated carbocycles. The molecule has 3 aliphatic rings. The van der Waals surface area contributed by atoms with Crippen molar-refractivity contribution < 1.29 is 19.2 Å². The Morgan fingerprint density at radius 1 is 0.795 bits per heavy atom. The van der Waals surface area contributed by atoms with Crippen molar-refractivity contribution in [2.75, 3.05) is 17.2 Å². The van der Waals surface area contributed by atoms with E-state index in [-0.39, 0.29) is 53.9 Å². The fraction of sp³-hybridized carbons (Fsp3) is 0.312. The lowest BCUT2D eigenvalue weighted by Crippen LogP contribution is -2.39. The number of likely N-dealkylation sites (tertiary alicyclic amines) is 1. The quantitative estimate of drug-likeness (QED) is 0.450. The van der Waals surface area contributed by atoms with E-state index in [0.717, 1.165) is 28.9 Å². The predicted octanol–water partition coefficient (Wildman–Crippen LogP) is 4.92. The van der Waals surface area contributed by atoms with Crippen molar-refractivity contribution in [3.63, 3.8) is 0 Å². The number of carbonyl (C=O) groups is 4. The standard InChI is InChI=1S/C32H31N3O4/c1-18-8-11-24(14-19(18)2)34-30(37)21-9-12-23(13-10-21)33-27(36)17-35-31(38)28-22-15-25(20-6-4-3-5-7-20)26(16-22)29(28)32(35)39/h3-14,22,25-26,28-29H,15-17H2,1-2H3,(H,33,36)(H,34,37)/t22-,25+,26+,28+,29-/m0/s1. The Balaban J connectivity index is 1.07. The summed E-state index contributed by atoms with van der Waals surface area (Å²) in [5.74, 6) is -1.12. The zero-order valence-corrected chi connectivity index (χ0v) is 22.0. The predicted molar refractivity (Wildman–Crippen MR) is 148 cm³/mol. The van der Waals surface area contributed by atoms with Crippen LogP contribution in [0.4, 0.5) is 11.4 Å². The highest BCUT2D eigenvalue weighted by atomic mass is 16.2. The molecule has 2 aliphatic carbocycles. The molecule has 1 heterocycles. The molecule has 0 aromatic heterocycles. The van der Waals surface area contributed by atoms with E-state index >= 15 is 0 Å². The molecule has 0 spiro atoms. The topological polar surface area (TPSA) is 95.6 Å². The van der Waals surface area contributed by atoms with E-state index in [0.29, 0.717) is 16.9 Å². The second kappa shape index (κ2) is 9.80. The van der Waals surface area contributed by atoms with Gasteiger partial charge in [-0.25, -0.2) is 0 Å². The Bertz CT molecular complexity index is 1470. The monoisotopic (exact) mass is 521 g/mol. The molecule has 3 aromatic rings. The van der Waals surface area contributed by atoms with Crippen LogP contribution in [0.15, 0.2) is 72.8 Å². The van der Waals surface area contributed by atoms with E-state index in [2.05, 4.69) is 22.8 Å². The number of nitrogens with one attached hydrogen (secondary N) is 2. The van der Waals surface area contributed by atoms with Gasteiger partial charge in [-0.2, -0.15) is 0 Å². The number of benzene rings is 3. The number of carbonyl (C=O) groups excluding carboxylic acids is 4. The van der Waals surface area contributed by atoms with Gasteiger partial charge < -0.3 is 10.6 Å². The van der Waals surface area contributed by atoms with Crippen LogP contribution in [0.25, 0.3) is 0 Å². The number of fused-ring (bicyclic) bond motifs is 5. The molecular weight excluding hydrogens is 490 g/mol. The third-order valence-electron chi connectivity index (χ3n) is 8.83. The van der Waals surface area contributed by atoms with Gasteiger partial charge in [0.15, 0.2) is 0 Å². The molecule has 7 heteroatoms. The molecule has 39 heavy (non-hydrogen) atoms. The first kappa shape index (κ1) is 25.0. The number of imide groups is 1. The molecular formula is C32H31N3O4. The molecule has 4 amide bonds. The van der Waals surface area contributed by atoms with Crippen molar-refractivity contribution in [2.24, 2.45) is 23.7 Å². The summed E-state index contributed by atoms with van der Waals surface area (Å²) in [5.41, 5.74) is 5.13. The van der Waals surface area contributed by atoms with Crippen molar-refractivity contribution >= 4 is 35.0 Å². The van der Waals surface area contributed by atoms with Crippen molar-refractivity contribution in [3.8, 4) is 0 Å². The maximum Gasteiger partial charge on any atom is 0.255 e. The van der Waals surface area contributed by atoms with E-state index in [9.17, 15) is 19.2 Å². The zero-order valence-electron chi connectivity index (χ0n) is 22.0. The number of hydrogen-bond acceptors (Lipinski definition) is 4. The van der Waals surface area contributed by atoms with Crippen LogP contribution >= 0.6 is 0 Å². The van der Waals surface area contributed by atoms with Crippen LogP contribution in [0.2, 0.25) is 0 Å². The third kappa shape index (κ3) is 4.52. The minimum absolute atomic E-state index is 0.148. The second-order valence-electron chi connectivity index (χ2n) is 11.1. The SMILES string of the molecule is Cc1ccc(NC(=O)c2ccc(NC(=O)CN3C(=O)[C@@H]4[C@@H]5C[C@@H]([C@@H]4C3=O)[C@@H](c3ccccc3)C5)cc2)cc1C. The maximum absolute atomic E-state index is 13.3. The first-order valence-electron chi connectivity index (χ1n) is 13.5. The summed E-state index contributed by atoms with van der Waals surface area (Å²) in [7, 11) is 0. The van der Waals surface area contributed by atoms with E-state index in [1.165, 1.54) is 5.56 Å². The van der Waals surface area contributed by atoms with Crippen LogP contribution in [0.5, 0.6) is 0 Å². The average Bonchev–Trinajstić information content (AvgIpc) is 3.60. The van der Waals surface area contributed by atoms with Gasteiger partial charge in [-0.15, -0.1) is 0 Å². The van der Waals surface area contributed by atoms with Crippen LogP contribution in [0.3, 0.4) is 0 Å². The lowest BCUT2D eigenvalue weighted by atomic mass is 9.73. The number of nitrogens with zero attached hydrogens (tertiary/aromatic N) is 1. The molecule has 198 valence electrons. The van der Waals surface area contributed by atoms with Crippen molar-refractivity contribution in [1.29, 1.82) is 0 Å². The number of amides is 4. The molecule has 0 unspecified atom stereocenters. The Morgan fingerprint density at radius 3 is 2.21 bits per heavy atom. The number of aryl methyl sites for hydroxylation is 2. The van der Waals surface area contributed by atoms with Gasteiger partial charge in [0.2, 0.25) is 17.7 Å². The summed E-state index contributed by atoms with van der Waals surface area (Å²) >= 11 is 0. The van der Waals surface area contributed by atoms with Crippen LogP contribution in [0.1, 0.15) is 45.8 Å². The number of anilines is 2. The largest absolute Gasteiger partial charge is 0.325 e. The minimum Gasteiger partial charge on any atom is -0.325 e. The molecule has 3 aromatic carbocycles. The zero-order chi connectivity index (χ0) is 27.3. The molecule has 3 fully saturated rings. The highest BCUT2D eigenvalue weighted by Crippen LogP contribution is 2.61. The van der Waals surface area contributed by atoms with E-state index in [1.54, 1.807) is 24.3 Å². The van der Waals surface area contributed by atoms with E-state index < -0.39 is 5.91 Å². The molecule has 2 bridgehead atoms. The molecule has 0 radical (unpaired) electrons. The summed E-state index contributed by atoms with van der Waals surface area (Å²) in [6.07, 6.45) is 1.81. The van der Waals surface area contributed by atoms with Gasteiger partial charge in [-0.1, -0.05) is 36.4 Å². The van der Waals surface area contributed by atoms with Crippen LogP contribution in [-0.2, 0) is 14.4 Å². The summed E-state index contributed by atoms with van der Waals surface area (Å²) in [6.45, 7) is 3.71. The smallest absolute Gasteiger partial charge is 0.255 e. The first-order valence-corrected chi connectivity index (χ1v) is 13.5. The molecule has 6 rings (SSSR count). The van der Waals surface area contributed by atoms with Crippen molar-refractivity contribution in [1.82, 2.24) is 4.90 Å². The Kier molecular flexibility index (Phi) is 6.29. The van der Waals surface area contributed by atoms with Crippen molar-refractivity contribution in [3.05, 3.63) is 95.1 Å². The minimum atomic E-state index is -0.434. The molecule has 7 nitrogen and oxygen atoms in total. The molecule has 1 saturated heterocycles. The average molecular weight is 522 g/mol. The molecule has 5 atom stereocenters. The van der Waals surface area contributed by atoms with Gasteiger partial charge in [0, 0.05) is 16.9 Å². The summed E-state index contributed by atoms with van der Waals surface area (Å²) in [5, 5.41) is 5.64. The highest BCUT2D eigenvalue weighted by molar-refractivity contribution is 6.09. The number of rotatable bonds is 6. The Morgan fingerprint density at radius 2 is 1.49 bits per heavy atom. The first-order chi connectivity index (χ1) is 18.8. The van der Waals surface area contributed by atoms with Gasteiger partial charge >= 0.3 is 0 Å². The second-order valence-corrected chi connectivity index (χ2v) is 11.1. The summed E-state index contributed by atoms with van der Waals surface area (Å²) < 4.78 is 0. The van der Waals surface area contributed by atoms with E-state index in [4.69, 9.17) is 0 Å². The molecule has 1 aliphatic heterocycles. The van der Waals surface area contributed by atoms with Gasteiger partial charge in [0.1, 0.15) is 6.54 Å². The Labute approximate surface area is 227 Å². The molecule has 2 N–H and O–H groups in total. The summed E-state index contributed by atoms with van der Waals surface area (Å²) in [4.78, 5) is 53.2. The van der Waals surface area contributed by atoms with Crippen molar-refractivity contribution in [2.45, 2.75) is 32.6 Å². The lowest BCUT2D eigenvalue weighted by Gasteiger charge is -2.28. The highest BCUT2D eigenvalue weighted by Gasteiger charge is 2.63. The lowest BCUT2D eigenvalue weighted by molar-refractivity contribution is -0.143. The fourth-order valence-electron chi connectivity index (χ4n) is 6.83. The van der Waals surface area contributed by atoms with Gasteiger partial charge in [-0.05, 0) is 97.5 Å². The van der Waals surface area contributed by atoms with Gasteiger partial charge in [-0.3, -0.25) is 24.1 Å². The Hall–Kier alpha value is -4.26. The van der Waals surface area contributed by atoms with E-state index in [1.807, 2.05) is 50.2 Å². The van der Waals surface area contributed by atoms with Crippen LogP contribution < -0.4 is 10.6 Å². The van der Waals surface area contributed by atoms with Crippen LogP contribution in [0, 0.1) is 37.5 Å². The fourth-order valence-corrected chi connectivity index (χ4v) is 6.83. The maximum atomic E-state index is 13.3. The van der Waals surface area contributed by atoms with Gasteiger partial charge in [0.25, 0.3) is 5.91 Å².